The summed E-state index contributed by atoms with van der Waals surface area (Å²) in [4.78, 5) is 0. The van der Waals surface area contributed by atoms with E-state index in [4.69, 9.17) is 0 Å². The topological polar surface area (TPSA) is 0 Å². The van der Waals surface area contributed by atoms with Gasteiger partial charge in [0.1, 0.15) is 0 Å². The molecule has 0 aromatic rings. The average molecular weight is 261 g/mol. The SMILES string of the molecule is C[N+](C)(C)C.I.[Ni]. The van der Waals surface area contributed by atoms with E-state index < -0.39 is 0 Å². The molecule has 50 valence electrons. The fraction of sp³-hybridized carbons (Fsp3) is 1.00. The van der Waals surface area contributed by atoms with E-state index in [1.165, 1.54) is 0 Å². The van der Waals surface area contributed by atoms with Crippen LogP contribution in [0.4, 0.5) is 0 Å². The second kappa shape index (κ2) is 5.32. The van der Waals surface area contributed by atoms with Crippen molar-refractivity contribution in [3.8, 4) is 0 Å². The summed E-state index contributed by atoms with van der Waals surface area (Å²) in [7, 11) is 8.50. The number of nitrogens with zero attached hydrogens (tertiary/aromatic N) is 1. The van der Waals surface area contributed by atoms with Gasteiger partial charge < -0.3 is 4.48 Å². The molecule has 0 aromatic carbocycles. The second-order valence-corrected chi connectivity index (χ2v) is 2.68. The van der Waals surface area contributed by atoms with E-state index in [1.54, 1.807) is 0 Å². The maximum absolute atomic E-state index is 2.12. The first-order valence-corrected chi connectivity index (χ1v) is 1.79. The summed E-state index contributed by atoms with van der Waals surface area (Å²) in [5.74, 6) is 0. The predicted octanol–water partition coefficient (Wildman–Crippen LogP) is 0.938. The average Bonchev–Trinajstić information content (AvgIpc) is 0.722. The van der Waals surface area contributed by atoms with E-state index in [1.807, 2.05) is 0 Å². The summed E-state index contributed by atoms with van der Waals surface area (Å²) in [6, 6.07) is 0. The number of rotatable bonds is 0. The summed E-state index contributed by atoms with van der Waals surface area (Å²) in [5, 5.41) is 0. The molecule has 0 atom stereocenters. The Kier molecular flexibility index (Phi) is 12.0. The van der Waals surface area contributed by atoms with Gasteiger partial charge in [-0.3, -0.25) is 0 Å². The van der Waals surface area contributed by atoms with Crippen molar-refractivity contribution >= 4 is 24.0 Å². The van der Waals surface area contributed by atoms with E-state index >= 15 is 0 Å². The Morgan fingerprint density at radius 1 is 0.857 bits per heavy atom. The Bertz CT molecular complexity index is 27.2. The Morgan fingerprint density at radius 2 is 0.857 bits per heavy atom. The van der Waals surface area contributed by atoms with Crippen molar-refractivity contribution in [2.45, 2.75) is 0 Å². The van der Waals surface area contributed by atoms with Gasteiger partial charge in [-0.25, -0.2) is 0 Å². The van der Waals surface area contributed by atoms with Crippen molar-refractivity contribution in [3.63, 3.8) is 0 Å². The van der Waals surface area contributed by atoms with Gasteiger partial charge in [-0.05, 0) is 0 Å². The van der Waals surface area contributed by atoms with Gasteiger partial charge in [-0.1, -0.05) is 0 Å². The van der Waals surface area contributed by atoms with Crippen LogP contribution in [0.25, 0.3) is 0 Å². The van der Waals surface area contributed by atoms with Gasteiger partial charge in [0.2, 0.25) is 0 Å². The number of halogens is 1. The van der Waals surface area contributed by atoms with E-state index in [-0.39, 0.29) is 40.5 Å². The van der Waals surface area contributed by atoms with Crippen molar-refractivity contribution in [2.75, 3.05) is 28.2 Å². The first-order valence-electron chi connectivity index (χ1n) is 1.79. The van der Waals surface area contributed by atoms with E-state index in [2.05, 4.69) is 28.2 Å². The maximum atomic E-state index is 2.12. The molecule has 0 saturated heterocycles. The first kappa shape index (κ1) is 15.7. The molecular weight excluding hydrogens is 248 g/mol. The molecule has 0 fully saturated rings. The fourth-order valence-corrected chi connectivity index (χ4v) is 0. The molecule has 0 rings (SSSR count). The molecule has 0 aromatic heterocycles. The molecule has 0 aliphatic rings. The Labute approximate surface area is 73.0 Å². The van der Waals surface area contributed by atoms with Crippen LogP contribution in [0.5, 0.6) is 0 Å². The third kappa shape index (κ3) is 138. The van der Waals surface area contributed by atoms with Crippen LogP contribution in [0.1, 0.15) is 0 Å². The third-order valence-electron chi connectivity index (χ3n) is 0. The van der Waals surface area contributed by atoms with E-state index in [0.717, 1.165) is 4.48 Å². The van der Waals surface area contributed by atoms with Crippen LogP contribution in [-0.2, 0) is 16.5 Å². The molecule has 0 radical (unpaired) electrons. The Morgan fingerprint density at radius 3 is 0.857 bits per heavy atom. The smallest absolute Gasteiger partial charge is 0.0675 e. The summed E-state index contributed by atoms with van der Waals surface area (Å²) in [5.41, 5.74) is 0. The fourth-order valence-electron chi connectivity index (χ4n) is 0. The standard InChI is InChI=1S/C4H12N.HI.Ni/c1-5(2,3)4;;/h1-4H3;1H;/q+1;;. The molecule has 0 N–H and O–H groups in total. The molecular formula is C4H13INNi+. The number of quaternary nitrogens is 1. The van der Waals surface area contributed by atoms with Crippen molar-refractivity contribution in [1.82, 2.24) is 0 Å². The minimum atomic E-state index is 0. The summed E-state index contributed by atoms with van der Waals surface area (Å²) >= 11 is 0. The zero-order chi connectivity index (χ0) is 4.50. The van der Waals surface area contributed by atoms with Crippen LogP contribution < -0.4 is 0 Å². The normalized spacial score (nSPS) is 8.57. The van der Waals surface area contributed by atoms with Crippen LogP contribution in [0.15, 0.2) is 0 Å². The Hall–Kier alpha value is 1.18. The van der Waals surface area contributed by atoms with Crippen LogP contribution >= 0.6 is 24.0 Å². The van der Waals surface area contributed by atoms with Crippen LogP contribution in [0, 0.1) is 0 Å². The maximum Gasteiger partial charge on any atom is 0.0675 e. The van der Waals surface area contributed by atoms with Crippen molar-refractivity contribution in [3.05, 3.63) is 0 Å². The van der Waals surface area contributed by atoms with Gasteiger partial charge in [-0.2, -0.15) is 0 Å². The molecule has 0 amide bonds. The third-order valence-corrected chi connectivity index (χ3v) is 0. The van der Waals surface area contributed by atoms with Crippen molar-refractivity contribution < 1.29 is 21.0 Å². The first-order chi connectivity index (χ1) is 2.00. The van der Waals surface area contributed by atoms with Crippen LogP contribution in [0.2, 0.25) is 0 Å². The van der Waals surface area contributed by atoms with Crippen LogP contribution in [-0.4, -0.2) is 32.7 Å². The van der Waals surface area contributed by atoms with Gasteiger partial charge in [0.05, 0.1) is 28.2 Å². The van der Waals surface area contributed by atoms with Crippen molar-refractivity contribution in [2.24, 2.45) is 0 Å². The second-order valence-electron chi connectivity index (χ2n) is 2.68. The summed E-state index contributed by atoms with van der Waals surface area (Å²) < 4.78 is 1.00. The Balaban J connectivity index is -0.0000000800. The molecule has 0 unspecified atom stereocenters. The predicted molar refractivity (Wildman–Crippen MR) is 39.4 cm³/mol. The zero-order valence-electron chi connectivity index (χ0n) is 5.17. The molecule has 0 saturated carbocycles. The molecule has 7 heavy (non-hydrogen) atoms. The summed E-state index contributed by atoms with van der Waals surface area (Å²) in [6.45, 7) is 0. The monoisotopic (exact) mass is 260 g/mol. The van der Waals surface area contributed by atoms with Gasteiger partial charge >= 0.3 is 0 Å². The van der Waals surface area contributed by atoms with Crippen LogP contribution in [0.3, 0.4) is 0 Å². The molecule has 0 bridgehead atoms. The minimum absolute atomic E-state index is 0. The minimum Gasteiger partial charge on any atom is -0.333 e. The summed E-state index contributed by atoms with van der Waals surface area (Å²) in [6.07, 6.45) is 0. The van der Waals surface area contributed by atoms with Gasteiger partial charge in [0.25, 0.3) is 0 Å². The quantitative estimate of drug-likeness (QED) is 0.346. The molecule has 1 nitrogen and oxygen atoms in total. The van der Waals surface area contributed by atoms with Gasteiger partial charge in [0, 0.05) is 16.5 Å². The molecule has 0 spiro atoms. The number of hydrogen-bond donors (Lipinski definition) is 0. The van der Waals surface area contributed by atoms with Gasteiger partial charge in [-0.15, -0.1) is 24.0 Å². The molecule has 0 heterocycles. The van der Waals surface area contributed by atoms with E-state index in [0.29, 0.717) is 0 Å². The largest absolute Gasteiger partial charge is 0.333 e. The molecule has 0 aliphatic heterocycles. The van der Waals surface area contributed by atoms with E-state index in [9.17, 15) is 0 Å². The zero-order valence-corrected chi connectivity index (χ0v) is 8.49. The number of hydrogen-bond acceptors (Lipinski definition) is 0. The van der Waals surface area contributed by atoms with Gasteiger partial charge in [0.15, 0.2) is 0 Å². The molecule has 0 aliphatic carbocycles. The van der Waals surface area contributed by atoms with Crippen molar-refractivity contribution in [1.29, 1.82) is 0 Å². The molecule has 3 heteroatoms.